The van der Waals surface area contributed by atoms with Crippen LogP contribution in [0.3, 0.4) is 0 Å². The molecule has 0 bridgehead atoms. The number of halogens is 1. The van der Waals surface area contributed by atoms with Crippen LogP contribution in [0.5, 0.6) is 0 Å². The summed E-state index contributed by atoms with van der Waals surface area (Å²) < 4.78 is 28.7. The molecule has 3 rings (SSSR count). The topological polar surface area (TPSA) is 86.8 Å². The Morgan fingerprint density at radius 3 is 2.10 bits per heavy atom. The van der Waals surface area contributed by atoms with Crippen molar-refractivity contribution >= 4 is 39.1 Å². The number of carbonyl (C=O) groups excluding carboxylic acids is 2. The zero-order valence-electron chi connectivity index (χ0n) is 22.8. The highest BCUT2D eigenvalue weighted by atomic mass is 35.5. The van der Waals surface area contributed by atoms with E-state index in [4.69, 9.17) is 11.6 Å². The molecule has 3 aromatic rings. The molecule has 3 aromatic carbocycles. The average molecular weight is 570 g/mol. The second-order valence-corrected chi connectivity index (χ2v) is 12.2. The van der Waals surface area contributed by atoms with Crippen LogP contribution < -0.4 is 9.62 Å². The van der Waals surface area contributed by atoms with Gasteiger partial charge < -0.3 is 10.2 Å². The molecule has 0 spiro atoms. The van der Waals surface area contributed by atoms with Gasteiger partial charge in [0, 0.05) is 18.1 Å². The van der Waals surface area contributed by atoms with Crippen molar-refractivity contribution in [3.05, 3.63) is 95.0 Å². The third-order valence-corrected chi connectivity index (χ3v) is 8.38. The minimum Gasteiger partial charge on any atom is -0.354 e. The molecule has 7 nitrogen and oxygen atoms in total. The summed E-state index contributed by atoms with van der Waals surface area (Å²) in [6.07, 6.45) is 0.517. The molecule has 0 saturated heterocycles. The number of hydrogen-bond acceptors (Lipinski definition) is 4. The summed E-state index contributed by atoms with van der Waals surface area (Å²) in [4.78, 5) is 28.3. The Labute approximate surface area is 236 Å². The van der Waals surface area contributed by atoms with Gasteiger partial charge in [0.25, 0.3) is 10.0 Å². The zero-order valence-corrected chi connectivity index (χ0v) is 24.4. The number of carbonyl (C=O) groups is 2. The van der Waals surface area contributed by atoms with Crippen molar-refractivity contribution in [2.75, 3.05) is 23.9 Å². The molecule has 2 amide bonds. The minimum atomic E-state index is -4.12. The summed E-state index contributed by atoms with van der Waals surface area (Å²) in [6, 6.07) is 21.6. The molecule has 1 atom stereocenters. The van der Waals surface area contributed by atoms with Crippen molar-refractivity contribution in [3.8, 4) is 0 Å². The van der Waals surface area contributed by atoms with Crippen LogP contribution in [0.2, 0.25) is 5.02 Å². The van der Waals surface area contributed by atoms with Crippen LogP contribution in [0, 0.1) is 12.8 Å². The molecule has 0 aliphatic heterocycles. The number of benzene rings is 3. The second kappa shape index (κ2) is 13.6. The van der Waals surface area contributed by atoms with Crippen molar-refractivity contribution in [1.29, 1.82) is 0 Å². The molecule has 9 heteroatoms. The first kappa shape index (κ1) is 30.2. The van der Waals surface area contributed by atoms with E-state index in [0.717, 1.165) is 15.4 Å². The van der Waals surface area contributed by atoms with E-state index < -0.39 is 28.5 Å². The quantitative estimate of drug-likeness (QED) is 0.330. The third-order valence-electron chi connectivity index (χ3n) is 6.34. The molecule has 0 fully saturated rings. The molecular weight excluding hydrogens is 534 g/mol. The lowest BCUT2D eigenvalue weighted by molar-refractivity contribution is -0.138. The number of anilines is 1. The first-order chi connectivity index (χ1) is 18.5. The second-order valence-electron chi connectivity index (χ2n) is 9.94. The van der Waals surface area contributed by atoms with Gasteiger partial charge in [0.05, 0.1) is 10.6 Å². The average Bonchev–Trinajstić information content (AvgIpc) is 2.91. The van der Waals surface area contributed by atoms with Crippen LogP contribution in [0.15, 0.2) is 83.8 Å². The van der Waals surface area contributed by atoms with E-state index in [9.17, 15) is 18.0 Å². The SMILES string of the molecule is Cc1ccc(N(CC(=O)N(CCc2ccccc2)C(C)C(=O)NCC(C)C)S(=O)(=O)c2ccc(Cl)cc2)cc1. The van der Waals surface area contributed by atoms with Gasteiger partial charge in [-0.1, -0.05) is 73.5 Å². The maximum atomic E-state index is 13.9. The molecular formula is C30H36ClN3O4S. The van der Waals surface area contributed by atoms with Crippen molar-refractivity contribution in [2.45, 2.75) is 45.1 Å². The van der Waals surface area contributed by atoms with E-state index in [0.29, 0.717) is 23.7 Å². The smallest absolute Gasteiger partial charge is 0.264 e. The fourth-order valence-corrected chi connectivity index (χ4v) is 5.54. The van der Waals surface area contributed by atoms with Gasteiger partial charge in [-0.3, -0.25) is 13.9 Å². The first-order valence-corrected chi connectivity index (χ1v) is 14.8. The number of hydrogen-bond donors (Lipinski definition) is 1. The molecule has 0 saturated carbocycles. The van der Waals surface area contributed by atoms with Gasteiger partial charge in [0.2, 0.25) is 11.8 Å². The van der Waals surface area contributed by atoms with Crippen molar-refractivity contribution in [3.63, 3.8) is 0 Å². The van der Waals surface area contributed by atoms with E-state index in [-0.39, 0.29) is 23.3 Å². The first-order valence-electron chi connectivity index (χ1n) is 12.9. The fraction of sp³-hybridized carbons (Fsp3) is 0.333. The lowest BCUT2D eigenvalue weighted by atomic mass is 10.1. The van der Waals surface area contributed by atoms with Gasteiger partial charge in [-0.2, -0.15) is 0 Å². The maximum Gasteiger partial charge on any atom is 0.264 e. The number of sulfonamides is 1. The van der Waals surface area contributed by atoms with Crippen LogP contribution in [0.25, 0.3) is 0 Å². The Balaban J connectivity index is 1.95. The molecule has 39 heavy (non-hydrogen) atoms. The Morgan fingerprint density at radius 1 is 0.897 bits per heavy atom. The summed E-state index contributed by atoms with van der Waals surface area (Å²) in [6.45, 7) is 7.81. The molecule has 0 aromatic heterocycles. The zero-order chi connectivity index (χ0) is 28.6. The lowest BCUT2D eigenvalue weighted by Gasteiger charge is -2.32. The molecule has 0 radical (unpaired) electrons. The summed E-state index contributed by atoms with van der Waals surface area (Å²) in [5, 5.41) is 3.29. The Bertz CT molecular complexity index is 1350. The molecule has 0 aliphatic rings. The standard InChI is InChI=1S/C30H36ClN3O4S/c1-22(2)20-32-30(36)24(4)33(19-18-25-8-6-5-7-9-25)29(35)21-34(27-14-10-23(3)11-15-27)39(37,38)28-16-12-26(31)13-17-28/h5-17,22,24H,18-21H2,1-4H3,(H,32,36). The number of rotatable bonds is 12. The van der Waals surface area contributed by atoms with Crippen LogP contribution in [-0.4, -0.2) is 50.8 Å². The Morgan fingerprint density at radius 2 is 1.51 bits per heavy atom. The third kappa shape index (κ3) is 8.31. The van der Waals surface area contributed by atoms with Gasteiger partial charge in [0.1, 0.15) is 12.6 Å². The highest BCUT2D eigenvalue weighted by Crippen LogP contribution is 2.25. The summed E-state index contributed by atoms with van der Waals surface area (Å²) in [5.74, 6) is -0.514. The number of amides is 2. The van der Waals surface area contributed by atoms with Crippen LogP contribution in [0.1, 0.15) is 31.9 Å². The van der Waals surface area contributed by atoms with Gasteiger partial charge in [-0.05, 0) is 68.1 Å². The van der Waals surface area contributed by atoms with Gasteiger partial charge in [-0.25, -0.2) is 8.42 Å². The Kier molecular flexibility index (Phi) is 10.5. The molecule has 1 N–H and O–H groups in total. The van der Waals surface area contributed by atoms with Gasteiger partial charge in [0.15, 0.2) is 0 Å². The highest BCUT2D eigenvalue weighted by molar-refractivity contribution is 7.92. The lowest BCUT2D eigenvalue weighted by Crippen LogP contribution is -2.52. The van der Waals surface area contributed by atoms with Crippen LogP contribution >= 0.6 is 11.6 Å². The van der Waals surface area contributed by atoms with E-state index in [1.165, 1.54) is 29.2 Å². The largest absolute Gasteiger partial charge is 0.354 e. The summed E-state index contributed by atoms with van der Waals surface area (Å²) in [7, 11) is -4.12. The number of aryl methyl sites for hydroxylation is 1. The van der Waals surface area contributed by atoms with Gasteiger partial charge >= 0.3 is 0 Å². The van der Waals surface area contributed by atoms with Crippen molar-refractivity contribution < 1.29 is 18.0 Å². The molecule has 0 heterocycles. The number of nitrogens with one attached hydrogen (secondary N) is 1. The monoisotopic (exact) mass is 569 g/mol. The van der Waals surface area contributed by atoms with E-state index in [1.807, 2.05) is 51.1 Å². The van der Waals surface area contributed by atoms with Crippen LogP contribution in [-0.2, 0) is 26.0 Å². The predicted molar refractivity (Wildman–Crippen MR) is 156 cm³/mol. The number of nitrogens with zero attached hydrogens (tertiary/aromatic N) is 2. The van der Waals surface area contributed by atoms with Gasteiger partial charge in [-0.15, -0.1) is 0 Å². The van der Waals surface area contributed by atoms with E-state index >= 15 is 0 Å². The Hall–Kier alpha value is -3.36. The van der Waals surface area contributed by atoms with Crippen molar-refractivity contribution in [1.82, 2.24) is 10.2 Å². The predicted octanol–water partition coefficient (Wildman–Crippen LogP) is 5.08. The summed E-state index contributed by atoms with van der Waals surface area (Å²) >= 11 is 5.99. The molecule has 1 unspecified atom stereocenters. The minimum absolute atomic E-state index is 0.0128. The van der Waals surface area contributed by atoms with Crippen LogP contribution in [0.4, 0.5) is 5.69 Å². The van der Waals surface area contributed by atoms with E-state index in [2.05, 4.69) is 5.32 Å². The molecule has 0 aliphatic carbocycles. The van der Waals surface area contributed by atoms with Crippen molar-refractivity contribution in [2.24, 2.45) is 5.92 Å². The van der Waals surface area contributed by atoms with E-state index in [1.54, 1.807) is 31.2 Å². The fourth-order valence-electron chi connectivity index (χ4n) is 4.00. The summed E-state index contributed by atoms with van der Waals surface area (Å²) in [5.41, 5.74) is 2.31. The maximum absolute atomic E-state index is 13.9. The normalized spacial score (nSPS) is 12.2. The molecule has 208 valence electrons. The highest BCUT2D eigenvalue weighted by Gasteiger charge is 2.32.